The minimum absolute atomic E-state index is 0. The number of amides is 2. The first kappa shape index (κ1) is 36.1. The van der Waals surface area contributed by atoms with Gasteiger partial charge < -0.3 is 22.3 Å². The van der Waals surface area contributed by atoms with E-state index in [1.165, 1.54) is 0 Å². The maximum Gasteiger partial charge on any atom is 1.00 e. The molecule has 0 atom stereocenters. The molecular weight excluding hydrogens is 601 g/mol. The fourth-order valence-electron chi connectivity index (χ4n) is 1.97. The van der Waals surface area contributed by atoms with E-state index in [1.54, 1.807) is 36.4 Å². The molecule has 0 heterocycles. The zero-order valence-electron chi connectivity index (χ0n) is 18.4. The van der Waals surface area contributed by atoms with Crippen molar-refractivity contribution in [1.82, 2.24) is 0 Å². The number of anilines is 2. The van der Waals surface area contributed by atoms with E-state index in [2.05, 4.69) is 42.5 Å². The van der Waals surface area contributed by atoms with Crippen LogP contribution in [0.3, 0.4) is 0 Å². The van der Waals surface area contributed by atoms with Crippen LogP contribution in [0.5, 0.6) is 0 Å². The number of nitrogens with one attached hydrogen (secondary N) is 2. The molecule has 7 nitrogen and oxygen atoms in total. The molecule has 0 aliphatic heterocycles. The molecule has 0 aliphatic carbocycles. The standard InChI is InChI=1S/C9H9BrClNO2.C9H7BrClNO2.CH4O.B.Na.H/c2*10-7-2-1-3-8(6(7)5-13)12-9(14)4-11;1-2;;;/h1-3,13H,4-5H2,(H,12,14);1-3,5H,4H2,(H,12,14);2H,1H3;;;/q;;;;+1;-1. The summed E-state index contributed by atoms with van der Waals surface area (Å²) in [6, 6.07) is 10.4. The van der Waals surface area contributed by atoms with Crippen LogP contribution >= 0.6 is 55.1 Å². The Morgan fingerprint density at radius 2 is 1.41 bits per heavy atom. The summed E-state index contributed by atoms with van der Waals surface area (Å²) in [5, 5.41) is 21.2. The number of carbonyl (C=O) groups is 3. The van der Waals surface area contributed by atoms with E-state index in [0.717, 1.165) is 11.6 Å². The average Bonchev–Trinajstić information content (AvgIpc) is 2.76. The van der Waals surface area contributed by atoms with Gasteiger partial charge in [-0.3, -0.25) is 14.4 Å². The quantitative estimate of drug-likeness (QED) is 0.218. The summed E-state index contributed by atoms with van der Waals surface area (Å²) in [6.45, 7) is -0.140. The molecule has 0 fully saturated rings. The molecule has 13 heteroatoms. The molecule has 0 saturated carbocycles. The number of rotatable bonds is 6. The molecule has 0 spiro atoms. The van der Waals surface area contributed by atoms with E-state index in [1.807, 2.05) is 0 Å². The Kier molecular flexibility index (Phi) is 23.9. The van der Waals surface area contributed by atoms with Gasteiger partial charge >= 0.3 is 29.6 Å². The third-order valence-corrected chi connectivity index (χ3v) is 5.16. The Bertz CT molecular complexity index is 873. The summed E-state index contributed by atoms with van der Waals surface area (Å²) in [5.41, 5.74) is 2.09. The number of hydrogen-bond donors (Lipinski definition) is 4. The van der Waals surface area contributed by atoms with Crippen molar-refractivity contribution in [1.29, 1.82) is 0 Å². The van der Waals surface area contributed by atoms with Crippen molar-refractivity contribution in [2.24, 2.45) is 0 Å². The zero-order chi connectivity index (χ0) is 23.1. The Balaban J connectivity index is -0.000000218. The Morgan fingerprint density at radius 3 is 1.84 bits per heavy atom. The first-order valence-corrected chi connectivity index (χ1v) is 10.8. The second kappa shape index (κ2) is 21.1. The summed E-state index contributed by atoms with van der Waals surface area (Å²) in [5.74, 6) is -0.866. The molecule has 0 bridgehead atoms. The predicted octanol–water partition coefficient (Wildman–Crippen LogP) is 0.902. The number of aldehydes is 1. The van der Waals surface area contributed by atoms with Gasteiger partial charge in [-0.25, -0.2) is 0 Å². The maximum atomic E-state index is 11.0. The summed E-state index contributed by atoms with van der Waals surface area (Å²) in [6.07, 6.45) is 0.675. The van der Waals surface area contributed by atoms with E-state index in [-0.39, 0.29) is 69.6 Å². The number of carbonyl (C=O) groups excluding carboxylic acids is 3. The van der Waals surface area contributed by atoms with Crippen LogP contribution in [0.25, 0.3) is 0 Å². The molecule has 32 heavy (non-hydrogen) atoms. The Hall–Kier alpha value is -0.425. The van der Waals surface area contributed by atoms with Crippen LogP contribution in [0.15, 0.2) is 45.3 Å². The molecule has 2 rings (SSSR count). The summed E-state index contributed by atoms with van der Waals surface area (Å²) in [4.78, 5) is 32.7. The molecule has 3 radical (unpaired) electrons. The normalized spacial score (nSPS) is 8.72. The second-order valence-electron chi connectivity index (χ2n) is 5.11. The molecule has 2 aromatic carbocycles. The third-order valence-electron chi connectivity index (χ3n) is 3.24. The van der Waals surface area contributed by atoms with Gasteiger partial charge in [0.05, 0.1) is 17.9 Å². The number of aliphatic hydroxyl groups excluding tert-OH is 2. The van der Waals surface area contributed by atoms with Crippen LogP contribution in [0.4, 0.5) is 11.4 Å². The van der Waals surface area contributed by atoms with E-state index in [4.69, 9.17) is 33.4 Å². The van der Waals surface area contributed by atoms with Crippen molar-refractivity contribution >= 4 is 93.0 Å². The zero-order valence-corrected chi connectivity index (χ0v) is 24.1. The van der Waals surface area contributed by atoms with Gasteiger partial charge in [-0.2, -0.15) is 0 Å². The largest absolute Gasteiger partial charge is 1.00 e. The number of halogens is 4. The fourth-order valence-corrected chi connectivity index (χ4v) is 3.05. The van der Waals surface area contributed by atoms with Crippen molar-refractivity contribution in [2.75, 3.05) is 29.5 Å². The Labute approximate surface area is 239 Å². The summed E-state index contributed by atoms with van der Waals surface area (Å²) in [7, 11) is 1.00. The van der Waals surface area contributed by atoms with Gasteiger partial charge in [0.1, 0.15) is 11.8 Å². The van der Waals surface area contributed by atoms with E-state index >= 15 is 0 Å². The summed E-state index contributed by atoms with van der Waals surface area (Å²) >= 11 is 17.2. The van der Waals surface area contributed by atoms with Crippen LogP contribution in [0, 0.1) is 0 Å². The minimum atomic E-state index is -0.340. The van der Waals surface area contributed by atoms with Gasteiger partial charge in [0.2, 0.25) is 11.8 Å². The Morgan fingerprint density at radius 1 is 0.969 bits per heavy atom. The van der Waals surface area contributed by atoms with Crippen LogP contribution in [0.2, 0.25) is 0 Å². The molecule has 0 unspecified atom stereocenters. The van der Waals surface area contributed by atoms with Crippen molar-refractivity contribution in [3.8, 4) is 0 Å². The van der Waals surface area contributed by atoms with Crippen molar-refractivity contribution in [3.05, 3.63) is 56.5 Å². The number of benzene rings is 2. The van der Waals surface area contributed by atoms with E-state index < -0.39 is 0 Å². The molecule has 0 aliphatic rings. The molecule has 0 aromatic heterocycles. The molecule has 2 amide bonds. The van der Waals surface area contributed by atoms with Crippen LogP contribution in [-0.4, -0.2) is 55.6 Å². The number of aliphatic hydroxyl groups is 2. The third kappa shape index (κ3) is 12.7. The van der Waals surface area contributed by atoms with Gasteiger partial charge in [0, 0.05) is 35.7 Å². The van der Waals surface area contributed by atoms with Crippen LogP contribution < -0.4 is 40.2 Å². The number of alkyl halides is 2. The second-order valence-corrected chi connectivity index (χ2v) is 7.35. The fraction of sp³-hybridized carbons (Fsp3) is 0.211. The SMILES string of the molecule is CO.O=C(CCl)Nc1cccc(Br)c1CO.O=Cc1c(Br)cccc1NC(=O)CCl.[B].[H-].[Na+]. The summed E-state index contributed by atoms with van der Waals surface area (Å²) < 4.78 is 1.40. The van der Waals surface area contributed by atoms with Crippen LogP contribution in [0.1, 0.15) is 17.3 Å². The van der Waals surface area contributed by atoms with E-state index in [9.17, 15) is 14.4 Å². The average molecular weight is 622 g/mol. The van der Waals surface area contributed by atoms with Crippen molar-refractivity contribution < 1.29 is 55.6 Å². The molecule has 4 N–H and O–H groups in total. The first-order chi connectivity index (χ1) is 14.4. The molecule has 2 aromatic rings. The first-order valence-electron chi connectivity index (χ1n) is 8.16. The maximum absolute atomic E-state index is 11.0. The number of hydrogen-bond acceptors (Lipinski definition) is 5. The van der Waals surface area contributed by atoms with Crippen molar-refractivity contribution in [3.63, 3.8) is 0 Å². The minimum Gasteiger partial charge on any atom is -1.00 e. The van der Waals surface area contributed by atoms with Gasteiger partial charge in [0.15, 0.2) is 6.29 Å². The van der Waals surface area contributed by atoms with Crippen LogP contribution in [-0.2, 0) is 16.2 Å². The van der Waals surface area contributed by atoms with Crippen molar-refractivity contribution in [2.45, 2.75) is 6.61 Å². The molecular formula is C19H21BBr2Cl2N2NaO5. The van der Waals surface area contributed by atoms with Gasteiger partial charge in [-0.1, -0.05) is 28.1 Å². The monoisotopic (exact) mass is 619 g/mol. The van der Waals surface area contributed by atoms with E-state index in [0.29, 0.717) is 33.3 Å². The molecule has 0 saturated heterocycles. The van der Waals surface area contributed by atoms with Gasteiger partial charge in [-0.05, 0) is 40.2 Å². The predicted molar refractivity (Wildman–Crippen MR) is 133 cm³/mol. The van der Waals surface area contributed by atoms with Gasteiger partial charge in [0.25, 0.3) is 0 Å². The topological polar surface area (TPSA) is 116 Å². The van der Waals surface area contributed by atoms with Gasteiger partial charge in [-0.15, -0.1) is 23.2 Å². The smallest absolute Gasteiger partial charge is 1.00 e. The molecule has 169 valence electrons.